The number of hydrogen-bond donors (Lipinski definition) is 0. The van der Waals surface area contributed by atoms with Gasteiger partial charge in [0.1, 0.15) is 11.5 Å². The zero-order valence-electron chi connectivity index (χ0n) is 73.3. The molecule has 17 aromatic rings. The number of ether oxygens (including phenoxy) is 1. The molecular formula is C119H99B2N3O. The predicted octanol–water partition coefficient (Wildman–Crippen LogP) is 27.7. The largest absolute Gasteiger partial charge is 0.458 e. The molecule has 0 amide bonds. The van der Waals surface area contributed by atoms with Crippen molar-refractivity contribution in [2.45, 2.75) is 110 Å². The molecule has 22 rings (SSSR count). The van der Waals surface area contributed by atoms with Crippen molar-refractivity contribution in [3.63, 3.8) is 0 Å². The van der Waals surface area contributed by atoms with Crippen molar-refractivity contribution in [1.29, 1.82) is 0 Å². The molecule has 0 saturated carbocycles. The van der Waals surface area contributed by atoms with E-state index >= 15 is 0 Å². The first-order chi connectivity index (χ1) is 60.6. The normalized spacial score (nSPS) is 13.8. The molecule has 0 bridgehead atoms. The van der Waals surface area contributed by atoms with Crippen LogP contribution in [0.2, 0.25) is 0 Å². The second kappa shape index (κ2) is 29.1. The van der Waals surface area contributed by atoms with Crippen molar-refractivity contribution < 1.29 is 4.74 Å². The van der Waals surface area contributed by atoms with E-state index in [0.717, 1.165) is 140 Å². The SMILES string of the molecule is CC(C)(C)c1cccc(N2c3cc4c(cc3B3c5ccccc5N(c5c(-c6ccccc6)cc(C(C)(C)C)cc5-c5ccccc5)c5cc(-c6cccc7c6C(c6ccccc6)(c6ccccc6)c6ccccc6-7)cc2c53)B2c3ccccc3Oc3cc(-c5cc(C(C)(C)C)cc(C(C)(C)C)c5)cc(c32)N4c2c(-c3ccccc3)cccc2-c2ccccc2)c1. The molecule has 125 heavy (non-hydrogen) atoms. The van der Waals surface area contributed by atoms with Gasteiger partial charge in [-0.15, -0.1) is 0 Å². The molecular weight excluding hydrogens is 1510 g/mol. The second-order valence-electron chi connectivity index (χ2n) is 39.1. The average molecular weight is 1610 g/mol. The fourth-order valence-corrected chi connectivity index (χ4v) is 21.2. The molecule has 602 valence electrons. The highest BCUT2D eigenvalue weighted by atomic mass is 16.5. The van der Waals surface area contributed by atoms with Crippen LogP contribution in [0.25, 0.3) is 77.9 Å². The smallest absolute Gasteiger partial charge is 0.256 e. The monoisotopic (exact) mass is 1610 g/mol. The molecule has 6 heteroatoms. The van der Waals surface area contributed by atoms with Crippen molar-refractivity contribution >= 4 is 97.4 Å². The molecule has 0 unspecified atom stereocenters. The first kappa shape index (κ1) is 77.1. The highest BCUT2D eigenvalue weighted by Gasteiger charge is 2.52. The lowest BCUT2D eigenvalue weighted by Crippen LogP contribution is -2.64. The van der Waals surface area contributed by atoms with E-state index in [9.17, 15) is 0 Å². The Labute approximate surface area is 738 Å². The molecule has 4 nitrogen and oxygen atoms in total. The second-order valence-corrected chi connectivity index (χ2v) is 39.1. The van der Waals surface area contributed by atoms with Crippen LogP contribution < -0.4 is 52.2 Å². The molecule has 4 heterocycles. The number of benzene rings is 17. The topological polar surface area (TPSA) is 19.0 Å². The first-order valence-corrected chi connectivity index (χ1v) is 44.5. The van der Waals surface area contributed by atoms with Gasteiger partial charge in [-0.1, -0.05) is 399 Å². The lowest BCUT2D eigenvalue weighted by atomic mass is 9.30. The van der Waals surface area contributed by atoms with Gasteiger partial charge in [0.25, 0.3) is 13.4 Å². The third-order valence-electron chi connectivity index (χ3n) is 27.3. The molecule has 0 fully saturated rings. The van der Waals surface area contributed by atoms with Crippen LogP contribution in [0.3, 0.4) is 0 Å². The van der Waals surface area contributed by atoms with Crippen LogP contribution in [0.5, 0.6) is 11.5 Å². The lowest BCUT2D eigenvalue weighted by Gasteiger charge is -2.47. The molecule has 1 aliphatic carbocycles. The van der Waals surface area contributed by atoms with E-state index in [1.165, 1.54) is 77.5 Å². The summed E-state index contributed by atoms with van der Waals surface area (Å²) in [5.74, 6) is 1.71. The minimum absolute atomic E-state index is 0.145. The highest BCUT2D eigenvalue weighted by molar-refractivity contribution is 7.02. The maximum Gasteiger partial charge on any atom is 0.256 e. The van der Waals surface area contributed by atoms with E-state index in [2.05, 4.69) is 480 Å². The summed E-state index contributed by atoms with van der Waals surface area (Å²) in [6.45, 7) is 27.6. The fourth-order valence-electron chi connectivity index (χ4n) is 21.2. The zero-order chi connectivity index (χ0) is 85.2. The van der Waals surface area contributed by atoms with Crippen LogP contribution >= 0.6 is 0 Å². The Hall–Kier alpha value is -13.9. The van der Waals surface area contributed by atoms with Crippen LogP contribution in [0.15, 0.2) is 382 Å². The van der Waals surface area contributed by atoms with Crippen LogP contribution in [-0.2, 0) is 27.1 Å². The fraction of sp³-hybridized carbons (Fsp3) is 0.143. The Balaban J connectivity index is 0.921. The van der Waals surface area contributed by atoms with Gasteiger partial charge in [-0.3, -0.25) is 0 Å². The highest BCUT2D eigenvalue weighted by Crippen LogP contribution is 2.61. The number of fused-ring (bicyclic) bond motifs is 11. The molecule has 0 N–H and O–H groups in total. The number of nitrogens with zero attached hydrogens (tertiary/aromatic N) is 3. The van der Waals surface area contributed by atoms with Crippen LogP contribution in [-0.4, -0.2) is 13.4 Å². The average Bonchev–Trinajstić information content (AvgIpc) is 1.50. The number of rotatable bonds is 11. The van der Waals surface area contributed by atoms with Crippen LogP contribution in [0, 0.1) is 0 Å². The van der Waals surface area contributed by atoms with Gasteiger partial charge in [0.15, 0.2) is 0 Å². The Morgan fingerprint density at radius 1 is 0.232 bits per heavy atom. The van der Waals surface area contributed by atoms with Gasteiger partial charge in [-0.25, -0.2) is 0 Å². The summed E-state index contributed by atoms with van der Waals surface area (Å²) in [6.07, 6.45) is 0. The predicted molar refractivity (Wildman–Crippen MR) is 531 cm³/mol. The zero-order valence-corrected chi connectivity index (χ0v) is 73.3. The summed E-state index contributed by atoms with van der Waals surface area (Å²) in [5.41, 5.74) is 41.7. The molecule has 17 aromatic carbocycles. The van der Waals surface area contributed by atoms with E-state index in [4.69, 9.17) is 4.74 Å². The third-order valence-corrected chi connectivity index (χ3v) is 27.3. The summed E-state index contributed by atoms with van der Waals surface area (Å²) in [6, 6.07) is 147. The van der Waals surface area contributed by atoms with Crippen molar-refractivity contribution in [2.75, 3.05) is 14.7 Å². The molecule has 0 spiro atoms. The number of anilines is 9. The summed E-state index contributed by atoms with van der Waals surface area (Å²) in [4.78, 5) is 8.14. The number of para-hydroxylation sites is 3. The Kier molecular flexibility index (Phi) is 18.0. The van der Waals surface area contributed by atoms with Gasteiger partial charge in [0.2, 0.25) is 0 Å². The molecule has 4 aliphatic heterocycles. The Morgan fingerprint density at radius 2 is 0.640 bits per heavy atom. The van der Waals surface area contributed by atoms with Gasteiger partial charge in [-0.05, 0) is 221 Å². The summed E-state index contributed by atoms with van der Waals surface area (Å²) in [7, 11) is 0. The van der Waals surface area contributed by atoms with E-state index in [-0.39, 0.29) is 35.1 Å². The molecule has 5 aliphatic rings. The standard InChI is InChI=1S/C119H99B2N3O/c1-115(2,3)85-52-37-53-89(71-85)122-103-75-104-101(121-99-61-34-36-63-108(99)125-109-69-81(80-64-86(116(4,5)6)70-87(65-80)117(7,8)9)66-107(112(109)121)124(104)113-91(76-40-19-13-20-41-76)56-39-57-92(113)77-42-21-14-22-43-77)74-100(103)120-98-60-33-35-62-102(98)123(114-95(78-44-23-15-24-45-78)72-88(118(10,11)12)73-96(114)79-46-25-16-26-47-79)106-68-82(67-105(122)111(106)120)90-55-38-58-94-93-54-31-32-59-97(93)119(110(90)94,83-48-27-17-28-49-83)84-50-29-18-30-51-84/h13-75H,1-12H3. The van der Waals surface area contributed by atoms with Gasteiger partial charge in [-0.2, -0.15) is 0 Å². The molecule has 0 saturated heterocycles. The van der Waals surface area contributed by atoms with E-state index in [1.807, 2.05) is 0 Å². The molecule has 0 aromatic heterocycles. The minimum atomic E-state index is -0.746. The lowest BCUT2D eigenvalue weighted by molar-refractivity contribution is 0.487. The van der Waals surface area contributed by atoms with Crippen molar-refractivity contribution in [3.8, 4) is 89.4 Å². The first-order valence-electron chi connectivity index (χ1n) is 44.5. The van der Waals surface area contributed by atoms with E-state index in [0.29, 0.717) is 0 Å². The van der Waals surface area contributed by atoms with Crippen molar-refractivity contribution in [3.05, 3.63) is 427 Å². The van der Waals surface area contributed by atoms with Crippen molar-refractivity contribution in [2.24, 2.45) is 0 Å². The summed E-state index contributed by atoms with van der Waals surface area (Å²) >= 11 is 0. The minimum Gasteiger partial charge on any atom is -0.458 e. The van der Waals surface area contributed by atoms with Gasteiger partial charge in [0.05, 0.1) is 16.8 Å². The maximum absolute atomic E-state index is 7.68. The third kappa shape index (κ3) is 12.5. The van der Waals surface area contributed by atoms with Crippen LogP contribution in [0.4, 0.5) is 51.2 Å². The quantitative estimate of drug-likeness (QED) is 0.120. The summed E-state index contributed by atoms with van der Waals surface area (Å²) < 4.78 is 7.68. The van der Waals surface area contributed by atoms with Gasteiger partial charge < -0.3 is 19.4 Å². The maximum atomic E-state index is 7.68. The Bertz CT molecular complexity index is 6980. The van der Waals surface area contributed by atoms with Gasteiger partial charge in [0, 0.05) is 62.1 Å². The summed E-state index contributed by atoms with van der Waals surface area (Å²) in [5, 5.41) is 0. The molecule has 0 atom stereocenters. The van der Waals surface area contributed by atoms with Crippen LogP contribution in [0.1, 0.15) is 128 Å². The Morgan fingerprint density at radius 3 is 1.21 bits per heavy atom. The van der Waals surface area contributed by atoms with E-state index in [1.54, 1.807) is 0 Å². The van der Waals surface area contributed by atoms with E-state index < -0.39 is 5.41 Å². The van der Waals surface area contributed by atoms with Gasteiger partial charge >= 0.3 is 0 Å². The number of hydrogen-bond acceptors (Lipinski definition) is 4. The molecule has 0 radical (unpaired) electrons. The van der Waals surface area contributed by atoms with Crippen molar-refractivity contribution in [1.82, 2.24) is 0 Å².